The molecule has 0 bridgehead atoms. The number of hydrogen-bond donors (Lipinski definition) is 0. The molecule has 1 atom stereocenters. The lowest BCUT2D eigenvalue weighted by Gasteiger charge is -2.31. The first-order chi connectivity index (χ1) is 14.5. The molecule has 0 radical (unpaired) electrons. The standard InChI is InChI=1S/C22H22N4O4/c1-15(21(28)25-13-6-8-16-7-2-5-11-19(16)25)30-20(27)12-14-26-22(29)17-9-3-4-10-18(17)23-24-26/h2-5,7,9-11,15H,6,8,12-14H2,1H3. The van der Waals surface area contributed by atoms with Crippen molar-refractivity contribution in [2.45, 2.75) is 38.8 Å². The van der Waals surface area contributed by atoms with Gasteiger partial charge >= 0.3 is 5.97 Å². The van der Waals surface area contributed by atoms with Gasteiger partial charge in [0.05, 0.1) is 18.4 Å². The summed E-state index contributed by atoms with van der Waals surface area (Å²) in [6.45, 7) is 2.20. The predicted octanol–water partition coefficient (Wildman–Crippen LogP) is 2.09. The van der Waals surface area contributed by atoms with Crippen LogP contribution >= 0.6 is 0 Å². The molecule has 0 fully saturated rings. The summed E-state index contributed by atoms with van der Waals surface area (Å²) in [6.07, 6.45) is 0.798. The largest absolute Gasteiger partial charge is 0.452 e. The van der Waals surface area contributed by atoms with E-state index in [2.05, 4.69) is 10.3 Å². The number of fused-ring (bicyclic) bond motifs is 2. The van der Waals surface area contributed by atoms with Crippen LogP contribution in [0.15, 0.2) is 53.3 Å². The number of aromatic nitrogens is 3. The number of para-hydroxylation sites is 1. The van der Waals surface area contributed by atoms with Gasteiger partial charge in [0.1, 0.15) is 5.52 Å². The summed E-state index contributed by atoms with van der Waals surface area (Å²) < 4.78 is 6.47. The number of aryl methyl sites for hydroxylation is 2. The molecule has 1 aromatic heterocycles. The van der Waals surface area contributed by atoms with Crippen LogP contribution in [0.4, 0.5) is 5.69 Å². The van der Waals surface area contributed by atoms with Gasteiger partial charge < -0.3 is 9.64 Å². The quantitative estimate of drug-likeness (QED) is 0.602. The number of ether oxygens (including phenoxy) is 1. The lowest BCUT2D eigenvalue weighted by molar-refractivity contribution is -0.154. The second kappa shape index (κ2) is 8.44. The number of amides is 1. The molecule has 0 N–H and O–H groups in total. The second-order valence-corrected chi connectivity index (χ2v) is 7.24. The fraction of sp³-hybridized carbons (Fsp3) is 0.318. The molecule has 1 aliphatic heterocycles. The van der Waals surface area contributed by atoms with Crippen LogP contribution in [0.25, 0.3) is 10.9 Å². The molecule has 0 aliphatic carbocycles. The smallest absolute Gasteiger partial charge is 0.308 e. The van der Waals surface area contributed by atoms with E-state index in [0.29, 0.717) is 17.4 Å². The summed E-state index contributed by atoms with van der Waals surface area (Å²) >= 11 is 0. The number of benzene rings is 2. The Morgan fingerprint density at radius 2 is 1.90 bits per heavy atom. The zero-order chi connectivity index (χ0) is 21.1. The highest BCUT2D eigenvalue weighted by Crippen LogP contribution is 2.27. The first-order valence-corrected chi connectivity index (χ1v) is 9.96. The monoisotopic (exact) mass is 406 g/mol. The molecule has 1 aliphatic rings. The Labute approximate surface area is 173 Å². The topological polar surface area (TPSA) is 94.4 Å². The van der Waals surface area contributed by atoms with Crippen LogP contribution in [-0.2, 0) is 27.3 Å². The Morgan fingerprint density at radius 3 is 2.77 bits per heavy atom. The van der Waals surface area contributed by atoms with Crippen LogP contribution in [0.2, 0.25) is 0 Å². The number of nitrogens with zero attached hydrogens (tertiary/aromatic N) is 4. The minimum absolute atomic E-state index is 0.0307. The first kappa shape index (κ1) is 19.8. The van der Waals surface area contributed by atoms with E-state index in [1.807, 2.05) is 24.3 Å². The third-order valence-electron chi connectivity index (χ3n) is 5.19. The number of esters is 1. The van der Waals surface area contributed by atoms with E-state index < -0.39 is 12.1 Å². The van der Waals surface area contributed by atoms with Gasteiger partial charge in [-0.2, -0.15) is 0 Å². The Morgan fingerprint density at radius 1 is 1.13 bits per heavy atom. The molecular weight excluding hydrogens is 384 g/mol. The van der Waals surface area contributed by atoms with Gasteiger partial charge in [-0.15, -0.1) is 5.10 Å². The van der Waals surface area contributed by atoms with E-state index >= 15 is 0 Å². The van der Waals surface area contributed by atoms with Crippen LogP contribution in [-0.4, -0.2) is 39.5 Å². The molecule has 2 heterocycles. The Balaban J connectivity index is 1.38. The van der Waals surface area contributed by atoms with E-state index in [-0.39, 0.29) is 24.4 Å². The van der Waals surface area contributed by atoms with Gasteiger partial charge in [0.2, 0.25) is 0 Å². The van der Waals surface area contributed by atoms with Crippen molar-refractivity contribution in [3.05, 3.63) is 64.4 Å². The average molecular weight is 406 g/mol. The lowest BCUT2D eigenvalue weighted by Crippen LogP contribution is -2.42. The summed E-state index contributed by atoms with van der Waals surface area (Å²) in [5.74, 6) is -0.818. The van der Waals surface area contributed by atoms with Gasteiger partial charge in [-0.3, -0.25) is 14.4 Å². The number of rotatable bonds is 5. The van der Waals surface area contributed by atoms with Crippen molar-refractivity contribution in [1.29, 1.82) is 0 Å². The maximum atomic E-state index is 12.8. The minimum atomic E-state index is -0.914. The van der Waals surface area contributed by atoms with E-state index in [9.17, 15) is 14.4 Å². The van der Waals surface area contributed by atoms with Crippen molar-refractivity contribution in [3.8, 4) is 0 Å². The summed E-state index contributed by atoms with van der Waals surface area (Å²) in [5.41, 5.74) is 2.17. The van der Waals surface area contributed by atoms with Crippen molar-refractivity contribution < 1.29 is 14.3 Å². The highest BCUT2D eigenvalue weighted by atomic mass is 16.5. The van der Waals surface area contributed by atoms with Crippen LogP contribution in [0.3, 0.4) is 0 Å². The fourth-order valence-electron chi connectivity index (χ4n) is 3.66. The van der Waals surface area contributed by atoms with E-state index in [0.717, 1.165) is 28.8 Å². The summed E-state index contributed by atoms with van der Waals surface area (Å²) in [5, 5.41) is 8.29. The fourth-order valence-corrected chi connectivity index (χ4v) is 3.66. The van der Waals surface area contributed by atoms with E-state index in [1.54, 1.807) is 36.1 Å². The van der Waals surface area contributed by atoms with Crippen molar-refractivity contribution in [1.82, 2.24) is 15.0 Å². The van der Waals surface area contributed by atoms with Gasteiger partial charge in [0.15, 0.2) is 6.10 Å². The molecule has 8 heteroatoms. The first-order valence-electron chi connectivity index (χ1n) is 9.96. The maximum Gasteiger partial charge on any atom is 0.308 e. The van der Waals surface area contributed by atoms with Gasteiger partial charge in [-0.1, -0.05) is 35.5 Å². The summed E-state index contributed by atoms with van der Waals surface area (Å²) in [4.78, 5) is 39.2. The van der Waals surface area contributed by atoms with Crippen molar-refractivity contribution >= 4 is 28.5 Å². The van der Waals surface area contributed by atoms with Crippen molar-refractivity contribution in [3.63, 3.8) is 0 Å². The van der Waals surface area contributed by atoms with Gasteiger partial charge in [-0.05, 0) is 43.5 Å². The van der Waals surface area contributed by atoms with Gasteiger partial charge in [0, 0.05) is 12.2 Å². The van der Waals surface area contributed by atoms with Crippen LogP contribution in [0.5, 0.6) is 0 Å². The highest BCUT2D eigenvalue weighted by Gasteiger charge is 2.28. The zero-order valence-corrected chi connectivity index (χ0v) is 16.7. The maximum absolute atomic E-state index is 12.8. The summed E-state index contributed by atoms with van der Waals surface area (Å²) in [6, 6.07) is 14.6. The molecule has 2 aromatic carbocycles. The number of anilines is 1. The van der Waals surface area contributed by atoms with Crippen molar-refractivity contribution in [2.75, 3.05) is 11.4 Å². The molecule has 0 saturated carbocycles. The van der Waals surface area contributed by atoms with Gasteiger partial charge in [-0.25, -0.2) is 4.68 Å². The van der Waals surface area contributed by atoms with Gasteiger partial charge in [0.25, 0.3) is 11.5 Å². The van der Waals surface area contributed by atoms with E-state index in [1.165, 1.54) is 0 Å². The highest BCUT2D eigenvalue weighted by molar-refractivity contribution is 5.98. The normalized spacial score (nSPS) is 14.2. The Bertz CT molecular complexity index is 1160. The molecule has 30 heavy (non-hydrogen) atoms. The van der Waals surface area contributed by atoms with Crippen molar-refractivity contribution in [2.24, 2.45) is 0 Å². The predicted molar refractivity (Wildman–Crippen MR) is 111 cm³/mol. The molecule has 8 nitrogen and oxygen atoms in total. The number of hydrogen-bond acceptors (Lipinski definition) is 6. The lowest BCUT2D eigenvalue weighted by atomic mass is 10.0. The zero-order valence-electron chi connectivity index (χ0n) is 16.7. The molecule has 3 aromatic rings. The molecule has 154 valence electrons. The van der Waals surface area contributed by atoms with Crippen LogP contribution in [0, 0.1) is 0 Å². The second-order valence-electron chi connectivity index (χ2n) is 7.24. The van der Waals surface area contributed by atoms with Crippen LogP contribution < -0.4 is 10.5 Å². The Hall–Kier alpha value is -3.55. The molecule has 1 unspecified atom stereocenters. The number of carbonyl (C=O) groups excluding carboxylic acids is 2. The molecular formula is C22H22N4O4. The van der Waals surface area contributed by atoms with Crippen LogP contribution in [0.1, 0.15) is 25.3 Å². The average Bonchev–Trinajstić information content (AvgIpc) is 2.78. The molecule has 4 rings (SSSR count). The third-order valence-corrected chi connectivity index (χ3v) is 5.19. The Kier molecular flexibility index (Phi) is 5.56. The van der Waals surface area contributed by atoms with E-state index in [4.69, 9.17) is 4.74 Å². The third kappa shape index (κ3) is 3.94. The summed E-state index contributed by atoms with van der Waals surface area (Å²) in [7, 11) is 0. The SMILES string of the molecule is CC(OC(=O)CCn1nnc2ccccc2c1=O)C(=O)N1CCCc2ccccc21. The minimum Gasteiger partial charge on any atom is -0.452 e. The molecule has 1 amide bonds. The number of carbonyl (C=O) groups is 2. The molecule has 0 spiro atoms. The molecule has 0 saturated heterocycles.